The van der Waals surface area contributed by atoms with E-state index in [1.54, 1.807) is 4.88 Å². The summed E-state index contributed by atoms with van der Waals surface area (Å²) < 4.78 is 0. The molecule has 106 valence electrons. The van der Waals surface area contributed by atoms with Gasteiger partial charge in [0.15, 0.2) is 5.13 Å². The van der Waals surface area contributed by atoms with Crippen LogP contribution in [0.3, 0.4) is 0 Å². The Hall–Kier alpha value is -0.610. The molecule has 1 aromatic heterocycles. The van der Waals surface area contributed by atoms with E-state index in [1.165, 1.54) is 56.0 Å². The molecular formula is C15H25N3S. The summed E-state index contributed by atoms with van der Waals surface area (Å²) >= 11 is 1.91. The molecule has 1 aliphatic heterocycles. The minimum absolute atomic E-state index is 0.789. The second-order valence-corrected chi connectivity index (χ2v) is 7.24. The fraction of sp³-hybridized carbons (Fsp3) is 0.800. The van der Waals surface area contributed by atoms with Crippen LogP contribution in [0, 0.1) is 5.92 Å². The van der Waals surface area contributed by atoms with Crippen LogP contribution < -0.4 is 4.90 Å². The molecular weight excluding hydrogens is 254 g/mol. The smallest absolute Gasteiger partial charge is 0.185 e. The molecule has 1 fully saturated rings. The lowest BCUT2D eigenvalue weighted by Gasteiger charge is -2.43. The van der Waals surface area contributed by atoms with Crippen LogP contribution in [-0.2, 0) is 12.8 Å². The Labute approximate surface area is 120 Å². The van der Waals surface area contributed by atoms with Gasteiger partial charge in [-0.15, -0.1) is 11.3 Å². The van der Waals surface area contributed by atoms with Crippen molar-refractivity contribution in [3.8, 4) is 0 Å². The molecule has 3 nitrogen and oxygen atoms in total. The van der Waals surface area contributed by atoms with E-state index in [-0.39, 0.29) is 0 Å². The van der Waals surface area contributed by atoms with Crippen LogP contribution in [-0.4, -0.2) is 43.1 Å². The molecule has 0 spiro atoms. The quantitative estimate of drug-likeness (QED) is 0.848. The standard InChI is InChI=1S/C15H25N3S/c1-4-7-18-8-5-6-11-9-12-14(10-13(11)18)19-15(16-12)17(2)3/h11,13H,4-10H2,1-3H3/t11-,13-/m1/s1. The summed E-state index contributed by atoms with van der Waals surface area (Å²) in [4.78, 5) is 11.3. The van der Waals surface area contributed by atoms with E-state index >= 15 is 0 Å². The number of aromatic nitrogens is 1. The molecule has 0 radical (unpaired) electrons. The Morgan fingerprint density at radius 1 is 1.37 bits per heavy atom. The van der Waals surface area contributed by atoms with Crippen molar-refractivity contribution in [3.63, 3.8) is 0 Å². The lowest BCUT2D eigenvalue weighted by molar-refractivity contribution is 0.0857. The fourth-order valence-electron chi connectivity index (χ4n) is 3.63. The van der Waals surface area contributed by atoms with E-state index in [2.05, 4.69) is 30.8 Å². The third-order valence-corrected chi connectivity index (χ3v) is 5.83. The van der Waals surface area contributed by atoms with Crippen molar-refractivity contribution in [2.45, 2.75) is 45.1 Å². The van der Waals surface area contributed by atoms with Crippen LogP contribution in [0.5, 0.6) is 0 Å². The van der Waals surface area contributed by atoms with Gasteiger partial charge in [0.1, 0.15) is 0 Å². The molecule has 1 aromatic rings. The van der Waals surface area contributed by atoms with Crippen molar-refractivity contribution in [2.24, 2.45) is 5.92 Å². The van der Waals surface area contributed by atoms with Crippen molar-refractivity contribution < 1.29 is 0 Å². The number of hydrogen-bond donors (Lipinski definition) is 0. The zero-order chi connectivity index (χ0) is 13.4. The van der Waals surface area contributed by atoms with Crippen LogP contribution in [0.25, 0.3) is 0 Å². The third-order valence-electron chi connectivity index (χ3n) is 4.54. The van der Waals surface area contributed by atoms with Crippen LogP contribution >= 0.6 is 11.3 Å². The van der Waals surface area contributed by atoms with E-state index in [9.17, 15) is 0 Å². The summed E-state index contributed by atoms with van der Waals surface area (Å²) in [5, 5.41) is 1.19. The van der Waals surface area contributed by atoms with Gasteiger partial charge in [-0.1, -0.05) is 6.92 Å². The van der Waals surface area contributed by atoms with Gasteiger partial charge in [-0.2, -0.15) is 0 Å². The van der Waals surface area contributed by atoms with Crippen LogP contribution in [0.2, 0.25) is 0 Å². The summed E-state index contributed by atoms with van der Waals surface area (Å²) in [5.41, 5.74) is 1.40. The molecule has 19 heavy (non-hydrogen) atoms. The monoisotopic (exact) mass is 279 g/mol. The Bertz CT molecular complexity index is 439. The molecule has 0 saturated carbocycles. The average Bonchev–Trinajstić information content (AvgIpc) is 2.80. The maximum Gasteiger partial charge on any atom is 0.185 e. The number of rotatable bonds is 3. The SMILES string of the molecule is CCCN1CCC[C@@H]2Cc3nc(N(C)C)sc3C[C@H]21. The number of nitrogens with zero attached hydrogens (tertiary/aromatic N) is 3. The lowest BCUT2D eigenvalue weighted by Crippen LogP contribution is -2.49. The van der Waals surface area contributed by atoms with Crippen molar-refractivity contribution in [2.75, 3.05) is 32.1 Å². The van der Waals surface area contributed by atoms with Crippen LogP contribution in [0.4, 0.5) is 5.13 Å². The topological polar surface area (TPSA) is 19.4 Å². The highest BCUT2D eigenvalue weighted by Crippen LogP contribution is 2.38. The molecule has 0 bridgehead atoms. The number of thiazole rings is 1. The van der Waals surface area contributed by atoms with Crippen molar-refractivity contribution in [3.05, 3.63) is 10.6 Å². The molecule has 3 rings (SSSR count). The highest BCUT2D eigenvalue weighted by atomic mass is 32.1. The van der Waals surface area contributed by atoms with Crippen LogP contribution in [0.1, 0.15) is 36.8 Å². The Morgan fingerprint density at radius 3 is 2.95 bits per heavy atom. The minimum atomic E-state index is 0.789. The Kier molecular flexibility index (Phi) is 3.81. The molecule has 2 atom stereocenters. The number of piperidine rings is 1. The zero-order valence-electron chi connectivity index (χ0n) is 12.4. The van der Waals surface area contributed by atoms with E-state index < -0.39 is 0 Å². The second kappa shape index (κ2) is 5.41. The number of anilines is 1. The summed E-state index contributed by atoms with van der Waals surface area (Å²) in [6, 6.07) is 0.789. The molecule has 0 unspecified atom stereocenters. The normalized spacial score (nSPS) is 26.9. The first-order valence-corrected chi connectivity index (χ1v) is 8.40. The van der Waals surface area contributed by atoms with Gasteiger partial charge in [0, 0.05) is 25.0 Å². The van der Waals surface area contributed by atoms with Gasteiger partial charge in [-0.3, -0.25) is 4.90 Å². The maximum atomic E-state index is 4.84. The average molecular weight is 279 g/mol. The van der Waals surface area contributed by atoms with Gasteiger partial charge in [0.05, 0.1) is 5.69 Å². The summed E-state index contributed by atoms with van der Waals surface area (Å²) in [7, 11) is 4.20. The van der Waals surface area contributed by atoms with Gasteiger partial charge < -0.3 is 4.90 Å². The highest BCUT2D eigenvalue weighted by molar-refractivity contribution is 7.15. The maximum absolute atomic E-state index is 4.84. The molecule has 1 saturated heterocycles. The minimum Gasteiger partial charge on any atom is -0.354 e. The highest BCUT2D eigenvalue weighted by Gasteiger charge is 2.36. The Morgan fingerprint density at radius 2 is 2.21 bits per heavy atom. The zero-order valence-corrected chi connectivity index (χ0v) is 13.2. The lowest BCUT2D eigenvalue weighted by atomic mass is 9.79. The second-order valence-electron chi connectivity index (χ2n) is 6.17. The van der Waals surface area contributed by atoms with Gasteiger partial charge in [-0.25, -0.2) is 4.98 Å². The largest absolute Gasteiger partial charge is 0.354 e. The first-order chi connectivity index (χ1) is 9.19. The van der Waals surface area contributed by atoms with Crippen molar-refractivity contribution in [1.29, 1.82) is 0 Å². The summed E-state index contributed by atoms with van der Waals surface area (Å²) in [5.74, 6) is 0.852. The van der Waals surface area contributed by atoms with E-state index in [0.717, 1.165) is 12.0 Å². The molecule has 1 aliphatic carbocycles. The number of fused-ring (bicyclic) bond motifs is 2. The molecule has 2 aliphatic rings. The molecule has 0 N–H and O–H groups in total. The third kappa shape index (κ3) is 2.52. The predicted octanol–water partition coefficient (Wildman–Crippen LogP) is 2.80. The summed E-state index contributed by atoms with van der Waals surface area (Å²) in [6.07, 6.45) is 6.51. The van der Waals surface area contributed by atoms with Gasteiger partial charge in [0.25, 0.3) is 0 Å². The molecule has 2 heterocycles. The van der Waals surface area contributed by atoms with E-state index in [1.807, 2.05) is 11.3 Å². The molecule has 4 heteroatoms. The van der Waals surface area contributed by atoms with E-state index in [4.69, 9.17) is 4.98 Å². The molecule has 0 aromatic carbocycles. The van der Waals surface area contributed by atoms with Gasteiger partial charge in [0.2, 0.25) is 0 Å². The Balaban J connectivity index is 1.82. The fourth-order valence-corrected chi connectivity index (χ4v) is 4.69. The number of hydrogen-bond acceptors (Lipinski definition) is 4. The van der Waals surface area contributed by atoms with E-state index in [0.29, 0.717) is 0 Å². The van der Waals surface area contributed by atoms with Crippen molar-refractivity contribution in [1.82, 2.24) is 9.88 Å². The first kappa shape index (κ1) is 13.4. The first-order valence-electron chi connectivity index (χ1n) is 7.59. The van der Waals surface area contributed by atoms with Crippen LogP contribution in [0.15, 0.2) is 0 Å². The molecule has 0 amide bonds. The van der Waals surface area contributed by atoms with Gasteiger partial charge in [-0.05, 0) is 51.1 Å². The van der Waals surface area contributed by atoms with Gasteiger partial charge >= 0.3 is 0 Å². The predicted molar refractivity (Wildman–Crippen MR) is 82.2 cm³/mol. The summed E-state index contributed by atoms with van der Waals surface area (Å²) in [6.45, 7) is 4.88. The number of likely N-dealkylation sites (tertiary alicyclic amines) is 1. The van der Waals surface area contributed by atoms with Crippen molar-refractivity contribution >= 4 is 16.5 Å².